The van der Waals surface area contributed by atoms with Gasteiger partial charge in [0.05, 0.1) is 0 Å². The lowest BCUT2D eigenvalue weighted by Crippen LogP contribution is -2.13. The van der Waals surface area contributed by atoms with Crippen LogP contribution in [0.3, 0.4) is 0 Å². The van der Waals surface area contributed by atoms with Gasteiger partial charge >= 0.3 is 0 Å². The second-order valence-corrected chi connectivity index (χ2v) is 5.03. The van der Waals surface area contributed by atoms with Crippen molar-refractivity contribution in [3.05, 3.63) is 36.2 Å². The number of aryl methyl sites for hydroxylation is 1. The molecule has 1 saturated heterocycles. The minimum atomic E-state index is 0.472. The van der Waals surface area contributed by atoms with E-state index < -0.39 is 0 Å². The molecule has 3 rings (SSSR count). The molecule has 4 nitrogen and oxygen atoms in total. The van der Waals surface area contributed by atoms with E-state index in [2.05, 4.69) is 29.5 Å². The van der Waals surface area contributed by atoms with Gasteiger partial charge in [0, 0.05) is 25.1 Å². The molecule has 1 aromatic carbocycles. The zero-order valence-corrected chi connectivity index (χ0v) is 10.8. The molecule has 94 valence electrons. The SMILES string of the molecule is CC1CNCC1c1nc(-c2ccccc2)nn1C. The fraction of sp³-hybridized carbons (Fsp3) is 0.429. The molecule has 1 N–H and O–H groups in total. The van der Waals surface area contributed by atoms with Crippen LogP contribution in [-0.2, 0) is 7.05 Å². The summed E-state index contributed by atoms with van der Waals surface area (Å²) in [6.07, 6.45) is 0. The minimum absolute atomic E-state index is 0.472. The van der Waals surface area contributed by atoms with E-state index in [4.69, 9.17) is 4.98 Å². The van der Waals surface area contributed by atoms with Crippen molar-refractivity contribution in [3.63, 3.8) is 0 Å². The highest BCUT2D eigenvalue weighted by molar-refractivity contribution is 5.54. The van der Waals surface area contributed by atoms with Crippen molar-refractivity contribution in [2.24, 2.45) is 13.0 Å². The number of hydrogen-bond donors (Lipinski definition) is 1. The van der Waals surface area contributed by atoms with E-state index in [0.717, 1.165) is 30.3 Å². The Balaban J connectivity index is 1.96. The van der Waals surface area contributed by atoms with E-state index >= 15 is 0 Å². The van der Waals surface area contributed by atoms with Gasteiger partial charge in [-0.3, -0.25) is 4.68 Å². The maximum Gasteiger partial charge on any atom is 0.181 e. The van der Waals surface area contributed by atoms with Crippen LogP contribution in [0.1, 0.15) is 18.7 Å². The van der Waals surface area contributed by atoms with Crippen molar-refractivity contribution >= 4 is 0 Å². The zero-order chi connectivity index (χ0) is 12.5. The Hall–Kier alpha value is -1.68. The largest absolute Gasteiger partial charge is 0.316 e. The van der Waals surface area contributed by atoms with Gasteiger partial charge in [0.2, 0.25) is 0 Å². The maximum atomic E-state index is 4.72. The van der Waals surface area contributed by atoms with Gasteiger partial charge in [0.15, 0.2) is 5.82 Å². The number of nitrogens with zero attached hydrogens (tertiary/aromatic N) is 3. The average molecular weight is 242 g/mol. The third-order valence-electron chi connectivity index (χ3n) is 3.68. The minimum Gasteiger partial charge on any atom is -0.316 e. The summed E-state index contributed by atoms with van der Waals surface area (Å²) in [4.78, 5) is 4.72. The molecule has 0 bridgehead atoms. The molecule has 2 unspecified atom stereocenters. The summed E-state index contributed by atoms with van der Waals surface area (Å²) >= 11 is 0. The number of benzene rings is 1. The Morgan fingerprint density at radius 3 is 2.67 bits per heavy atom. The molecule has 0 radical (unpaired) electrons. The smallest absolute Gasteiger partial charge is 0.181 e. The van der Waals surface area contributed by atoms with Gasteiger partial charge in [0.1, 0.15) is 5.82 Å². The molecular weight excluding hydrogens is 224 g/mol. The Labute approximate surface area is 107 Å². The van der Waals surface area contributed by atoms with Crippen molar-refractivity contribution in [1.82, 2.24) is 20.1 Å². The molecule has 0 amide bonds. The van der Waals surface area contributed by atoms with Gasteiger partial charge in [0.25, 0.3) is 0 Å². The number of rotatable bonds is 2. The third kappa shape index (κ3) is 1.93. The molecular formula is C14H18N4. The number of nitrogens with one attached hydrogen (secondary N) is 1. The molecule has 2 heterocycles. The van der Waals surface area contributed by atoms with Crippen molar-refractivity contribution in [2.75, 3.05) is 13.1 Å². The van der Waals surface area contributed by atoms with Crippen LogP contribution in [0.25, 0.3) is 11.4 Å². The summed E-state index contributed by atoms with van der Waals surface area (Å²) in [5.74, 6) is 3.01. The molecule has 0 saturated carbocycles. The van der Waals surface area contributed by atoms with Crippen LogP contribution in [0.4, 0.5) is 0 Å². The lowest BCUT2D eigenvalue weighted by Gasteiger charge is -2.11. The predicted molar refractivity (Wildman–Crippen MR) is 71.2 cm³/mol. The predicted octanol–water partition coefficient (Wildman–Crippen LogP) is 1.80. The Kier molecular flexibility index (Phi) is 2.88. The summed E-state index contributed by atoms with van der Waals surface area (Å²) in [7, 11) is 1.99. The van der Waals surface area contributed by atoms with Crippen LogP contribution in [0.15, 0.2) is 30.3 Å². The van der Waals surface area contributed by atoms with Crippen LogP contribution < -0.4 is 5.32 Å². The zero-order valence-electron chi connectivity index (χ0n) is 10.8. The Morgan fingerprint density at radius 2 is 2.00 bits per heavy atom. The number of aromatic nitrogens is 3. The third-order valence-corrected chi connectivity index (χ3v) is 3.68. The highest BCUT2D eigenvalue weighted by Crippen LogP contribution is 2.27. The summed E-state index contributed by atoms with van der Waals surface area (Å²) in [6.45, 7) is 4.33. The normalized spacial score (nSPS) is 23.4. The van der Waals surface area contributed by atoms with Crippen LogP contribution in [0, 0.1) is 5.92 Å². The topological polar surface area (TPSA) is 42.7 Å². The summed E-state index contributed by atoms with van der Waals surface area (Å²) in [5, 5.41) is 7.95. The Morgan fingerprint density at radius 1 is 1.22 bits per heavy atom. The van der Waals surface area contributed by atoms with Gasteiger partial charge in [-0.2, -0.15) is 5.10 Å². The fourth-order valence-corrected chi connectivity index (χ4v) is 2.58. The van der Waals surface area contributed by atoms with E-state index in [9.17, 15) is 0 Å². The molecule has 1 aliphatic rings. The van der Waals surface area contributed by atoms with Gasteiger partial charge in [-0.15, -0.1) is 0 Å². The monoisotopic (exact) mass is 242 g/mol. The molecule has 0 spiro atoms. The van der Waals surface area contributed by atoms with Crippen molar-refractivity contribution in [3.8, 4) is 11.4 Å². The first-order valence-electron chi connectivity index (χ1n) is 6.43. The van der Waals surface area contributed by atoms with E-state index in [1.807, 2.05) is 29.9 Å². The summed E-state index contributed by atoms with van der Waals surface area (Å²) in [5.41, 5.74) is 1.08. The lowest BCUT2D eigenvalue weighted by atomic mass is 9.97. The molecule has 2 aromatic rings. The summed E-state index contributed by atoms with van der Waals surface area (Å²) < 4.78 is 1.93. The molecule has 2 atom stereocenters. The molecule has 1 aliphatic heterocycles. The fourth-order valence-electron chi connectivity index (χ4n) is 2.58. The Bertz CT molecular complexity index is 532. The van der Waals surface area contributed by atoms with Crippen molar-refractivity contribution < 1.29 is 0 Å². The van der Waals surface area contributed by atoms with Gasteiger partial charge in [-0.05, 0) is 12.5 Å². The second-order valence-electron chi connectivity index (χ2n) is 5.03. The van der Waals surface area contributed by atoms with Gasteiger partial charge in [-0.1, -0.05) is 37.3 Å². The van der Waals surface area contributed by atoms with E-state index in [1.165, 1.54) is 0 Å². The number of hydrogen-bond acceptors (Lipinski definition) is 3. The van der Waals surface area contributed by atoms with E-state index in [1.54, 1.807) is 0 Å². The molecule has 0 aliphatic carbocycles. The first kappa shape index (κ1) is 11.4. The lowest BCUT2D eigenvalue weighted by molar-refractivity contribution is 0.518. The first-order chi connectivity index (χ1) is 8.75. The van der Waals surface area contributed by atoms with Crippen LogP contribution in [0.2, 0.25) is 0 Å². The standard InChI is InChI=1S/C14H18N4/c1-10-8-15-9-12(10)14-16-13(17-18(14)2)11-6-4-3-5-7-11/h3-7,10,12,15H,8-9H2,1-2H3. The maximum absolute atomic E-state index is 4.72. The van der Waals surface area contributed by atoms with Crippen molar-refractivity contribution in [1.29, 1.82) is 0 Å². The summed E-state index contributed by atoms with van der Waals surface area (Å²) in [6, 6.07) is 10.2. The quantitative estimate of drug-likeness (QED) is 0.873. The molecule has 1 aromatic heterocycles. The van der Waals surface area contributed by atoms with Crippen molar-refractivity contribution in [2.45, 2.75) is 12.8 Å². The molecule has 4 heteroatoms. The highest BCUT2D eigenvalue weighted by Gasteiger charge is 2.29. The van der Waals surface area contributed by atoms with Gasteiger partial charge in [-0.25, -0.2) is 4.98 Å². The van der Waals surface area contributed by atoms with Gasteiger partial charge < -0.3 is 5.32 Å². The van der Waals surface area contributed by atoms with Crippen LogP contribution >= 0.6 is 0 Å². The highest BCUT2D eigenvalue weighted by atomic mass is 15.3. The van der Waals surface area contributed by atoms with Crippen LogP contribution in [-0.4, -0.2) is 27.9 Å². The second kappa shape index (κ2) is 4.53. The molecule has 1 fully saturated rings. The van der Waals surface area contributed by atoms with E-state index in [-0.39, 0.29) is 0 Å². The average Bonchev–Trinajstić information content (AvgIpc) is 2.96. The van der Waals surface area contributed by atoms with E-state index in [0.29, 0.717) is 11.8 Å². The first-order valence-corrected chi connectivity index (χ1v) is 6.43. The van der Waals surface area contributed by atoms with Crippen LogP contribution in [0.5, 0.6) is 0 Å². The molecule has 18 heavy (non-hydrogen) atoms.